The first-order chi connectivity index (χ1) is 10.6. The molecule has 1 aliphatic rings. The molecular formula is C15H13BrN4O2. The Hall–Kier alpha value is -2.28. The fourth-order valence-electron chi connectivity index (χ4n) is 2.33. The number of nitrogens with one attached hydrogen (secondary N) is 1. The van der Waals surface area contributed by atoms with Gasteiger partial charge in [0, 0.05) is 35.5 Å². The fraction of sp³-hybridized carbons (Fsp3) is 0.200. The van der Waals surface area contributed by atoms with E-state index >= 15 is 0 Å². The van der Waals surface area contributed by atoms with Gasteiger partial charge in [0.2, 0.25) is 17.8 Å². The number of hydrogen-bond acceptors (Lipinski definition) is 4. The summed E-state index contributed by atoms with van der Waals surface area (Å²) in [4.78, 5) is 33.9. The lowest BCUT2D eigenvalue weighted by atomic mass is 10.1. The van der Waals surface area contributed by atoms with E-state index in [2.05, 4.69) is 31.2 Å². The SMILES string of the molecule is O=C(Nc1ncccn1)[C@@H]1CC(=O)N(c2ccc(Br)cc2)C1. The van der Waals surface area contributed by atoms with Gasteiger partial charge in [0.1, 0.15) is 0 Å². The summed E-state index contributed by atoms with van der Waals surface area (Å²) in [5, 5.41) is 2.64. The van der Waals surface area contributed by atoms with Crippen molar-refractivity contribution in [3.8, 4) is 0 Å². The van der Waals surface area contributed by atoms with E-state index in [1.54, 1.807) is 23.4 Å². The van der Waals surface area contributed by atoms with Gasteiger partial charge in [0.25, 0.3) is 0 Å². The van der Waals surface area contributed by atoms with Crippen LogP contribution in [0.25, 0.3) is 0 Å². The molecule has 0 radical (unpaired) electrons. The Labute approximate surface area is 135 Å². The Kier molecular flexibility index (Phi) is 4.15. The van der Waals surface area contributed by atoms with Crippen molar-refractivity contribution in [2.75, 3.05) is 16.8 Å². The number of benzene rings is 1. The second-order valence-electron chi connectivity index (χ2n) is 4.94. The number of anilines is 2. The van der Waals surface area contributed by atoms with Crippen LogP contribution in [0, 0.1) is 5.92 Å². The van der Waals surface area contributed by atoms with E-state index in [1.165, 1.54) is 0 Å². The lowest BCUT2D eigenvalue weighted by molar-refractivity contribution is -0.122. The molecule has 2 heterocycles. The van der Waals surface area contributed by atoms with Crippen LogP contribution in [-0.4, -0.2) is 28.3 Å². The minimum absolute atomic E-state index is 0.0588. The number of carbonyl (C=O) groups is 2. The number of rotatable bonds is 3. The second kappa shape index (κ2) is 6.23. The van der Waals surface area contributed by atoms with Crippen LogP contribution >= 0.6 is 15.9 Å². The number of carbonyl (C=O) groups excluding carboxylic acids is 2. The standard InChI is InChI=1S/C15H13BrN4O2/c16-11-2-4-12(5-3-11)20-9-10(8-13(20)21)14(22)19-15-17-6-1-7-18-15/h1-7,10H,8-9H2,(H,17,18,19,22)/t10-/m1/s1. The Bertz CT molecular complexity index is 690. The molecule has 1 aromatic heterocycles. The lowest BCUT2D eigenvalue weighted by Crippen LogP contribution is -2.28. The molecule has 1 fully saturated rings. The van der Waals surface area contributed by atoms with Gasteiger partial charge < -0.3 is 4.90 Å². The molecule has 112 valence electrons. The Morgan fingerprint density at radius 1 is 1.23 bits per heavy atom. The number of amides is 2. The summed E-state index contributed by atoms with van der Waals surface area (Å²) >= 11 is 3.36. The van der Waals surface area contributed by atoms with Gasteiger partial charge in [-0.05, 0) is 30.3 Å². The first-order valence-corrected chi connectivity index (χ1v) is 7.56. The Morgan fingerprint density at radius 3 is 2.59 bits per heavy atom. The molecule has 2 aromatic rings. The first-order valence-electron chi connectivity index (χ1n) is 6.77. The third-order valence-electron chi connectivity index (χ3n) is 3.43. The van der Waals surface area contributed by atoms with Crippen molar-refractivity contribution in [3.63, 3.8) is 0 Å². The topological polar surface area (TPSA) is 75.2 Å². The fourth-order valence-corrected chi connectivity index (χ4v) is 2.59. The van der Waals surface area contributed by atoms with Crippen LogP contribution in [-0.2, 0) is 9.59 Å². The van der Waals surface area contributed by atoms with Gasteiger partial charge >= 0.3 is 0 Å². The first kappa shape index (κ1) is 14.6. The Morgan fingerprint density at radius 2 is 1.91 bits per heavy atom. The average molecular weight is 361 g/mol. The van der Waals surface area contributed by atoms with Gasteiger partial charge in [0.05, 0.1) is 5.92 Å². The van der Waals surface area contributed by atoms with E-state index in [4.69, 9.17) is 0 Å². The van der Waals surface area contributed by atoms with Crippen LogP contribution in [0.3, 0.4) is 0 Å². The molecular weight excluding hydrogens is 348 g/mol. The minimum atomic E-state index is -0.403. The monoisotopic (exact) mass is 360 g/mol. The molecule has 2 amide bonds. The van der Waals surface area contributed by atoms with Crippen molar-refractivity contribution in [2.24, 2.45) is 5.92 Å². The number of aromatic nitrogens is 2. The molecule has 0 saturated carbocycles. The minimum Gasteiger partial charge on any atom is -0.312 e. The molecule has 0 bridgehead atoms. The predicted molar refractivity (Wildman–Crippen MR) is 85.3 cm³/mol. The maximum Gasteiger partial charge on any atom is 0.232 e. The van der Waals surface area contributed by atoms with E-state index in [9.17, 15) is 9.59 Å². The molecule has 0 aliphatic carbocycles. The smallest absolute Gasteiger partial charge is 0.232 e. The summed E-state index contributed by atoms with van der Waals surface area (Å²) in [7, 11) is 0. The summed E-state index contributed by atoms with van der Waals surface area (Å²) in [5.41, 5.74) is 0.791. The maximum absolute atomic E-state index is 12.2. The van der Waals surface area contributed by atoms with Gasteiger partial charge in [-0.15, -0.1) is 0 Å². The molecule has 22 heavy (non-hydrogen) atoms. The normalized spacial score (nSPS) is 17.6. The summed E-state index contributed by atoms with van der Waals surface area (Å²) in [6, 6.07) is 9.11. The molecule has 3 rings (SSSR count). The van der Waals surface area contributed by atoms with Gasteiger partial charge in [-0.1, -0.05) is 15.9 Å². The zero-order valence-corrected chi connectivity index (χ0v) is 13.2. The van der Waals surface area contributed by atoms with Gasteiger partial charge in [-0.2, -0.15) is 0 Å². The highest BCUT2D eigenvalue weighted by Crippen LogP contribution is 2.26. The van der Waals surface area contributed by atoms with Crippen LogP contribution in [0.5, 0.6) is 0 Å². The highest BCUT2D eigenvalue weighted by Gasteiger charge is 2.35. The van der Waals surface area contributed by atoms with Gasteiger partial charge in [-0.25, -0.2) is 9.97 Å². The van der Waals surface area contributed by atoms with Gasteiger partial charge in [0.15, 0.2) is 0 Å². The zero-order valence-electron chi connectivity index (χ0n) is 11.6. The second-order valence-corrected chi connectivity index (χ2v) is 5.86. The summed E-state index contributed by atoms with van der Waals surface area (Å²) in [5.74, 6) is -0.447. The zero-order chi connectivity index (χ0) is 15.5. The molecule has 0 spiro atoms. The molecule has 1 saturated heterocycles. The summed E-state index contributed by atoms with van der Waals surface area (Å²) < 4.78 is 0.943. The number of halogens is 1. The van der Waals surface area contributed by atoms with Crippen molar-refractivity contribution in [2.45, 2.75) is 6.42 Å². The molecule has 0 unspecified atom stereocenters. The summed E-state index contributed by atoms with van der Waals surface area (Å²) in [6.07, 6.45) is 3.29. The third kappa shape index (κ3) is 3.14. The predicted octanol–water partition coefficient (Wildman–Crippen LogP) is 2.23. The largest absolute Gasteiger partial charge is 0.312 e. The quantitative estimate of drug-likeness (QED) is 0.910. The highest BCUT2D eigenvalue weighted by molar-refractivity contribution is 9.10. The molecule has 1 aliphatic heterocycles. The van der Waals surface area contributed by atoms with Crippen molar-refractivity contribution in [1.29, 1.82) is 0 Å². The highest BCUT2D eigenvalue weighted by atomic mass is 79.9. The van der Waals surface area contributed by atoms with Crippen LogP contribution < -0.4 is 10.2 Å². The number of hydrogen-bond donors (Lipinski definition) is 1. The third-order valence-corrected chi connectivity index (χ3v) is 3.96. The van der Waals surface area contributed by atoms with Crippen molar-refractivity contribution in [3.05, 3.63) is 47.2 Å². The van der Waals surface area contributed by atoms with Crippen molar-refractivity contribution in [1.82, 2.24) is 9.97 Å². The van der Waals surface area contributed by atoms with E-state index in [0.717, 1.165) is 10.2 Å². The molecule has 7 heteroatoms. The van der Waals surface area contributed by atoms with E-state index in [0.29, 0.717) is 6.54 Å². The van der Waals surface area contributed by atoms with Crippen molar-refractivity contribution < 1.29 is 9.59 Å². The van der Waals surface area contributed by atoms with Crippen LogP contribution in [0.1, 0.15) is 6.42 Å². The number of nitrogens with zero attached hydrogens (tertiary/aromatic N) is 3. The van der Waals surface area contributed by atoms with Crippen LogP contribution in [0.15, 0.2) is 47.2 Å². The molecule has 1 atom stereocenters. The van der Waals surface area contributed by atoms with E-state index < -0.39 is 5.92 Å². The Balaban J connectivity index is 1.69. The van der Waals surface area contributed by atoms with Gasteiger partial charge in [-0.3, -0.25) is 14.9 Å². The van der Waals surface area contributed by atoms with E-state index in [-0.39, 0.29) is 24.2 Å². The van der Waals surface area contributed by atoms with Crippen molar-refractivity contribution >= 4 is 39.4 Å². The summed E-state index contributed by atoms with van der Waals surface area (Å²) in [6.45, 7) is 0.360. The van der Waals surface area contributed by atoms with Crippen LogP contribution in [0.4, 0.5) is 11.6 Å². The van der Waals surface area contributed by atoms with E-state index in [1.807, 2.05) is 24.3 Å². The average Bonchev–Trinajstić information content (AvgIpc) is 2.91. The van der Waals surface area contributed by atoms with Crippen LogP contribution in [0.2, 0.25) is 0 Å². The molecule has 1 aromatic carbocycles. The molecule has 1 N–H and O–H groups in total. The molecule has 6 nitrogen and oxygen atoms in total. The lowest BCUT2D eigenvalue weighted by Gasteiger charge is -2.16. The maximum atomic E-state index is 12.2.